The topological polar surface area (TPSA) is 116 Å². The number of thioether (sulfide) groups is 1. The number of nitrogens with one attached hydrogen (secondary N) is 1. The van der Waals surface area contributed by atoms with Crippen molar-refractivity contribution in [3.63, 3.8) is 0 Å². The molecule has 0 aromatic rings. The van der Waals surface area contributed by atoms with Gasteiger partial charge in [0, 0.05) is 18.5 Å². The van der Waals surface area contributed by atoms with Gasteiger partial charge in [0.2, 0.25) is 0 Å². The van der Waals surface area contributed by atoms with Crippen molar-refractivity contribution in [2.24, 2.45) is 5.41 Å². The number of allylic oxidation sites excluding steroid dienone is 2. The molecule has 5 atom stereocenters. The molecule has 1 saturated heterocycles. The molecule has 2 fully saturated rings. The molecule has 4 N–H and O–H groups in total. The molecule has 1 aliphatic carbocycles. The Bertz CT molecular complexity index is 551. The van der Waals surface area contributed by atoms with Crippen molar-refractivity contribution >= 4 is 23.3 Å². The summed E-state index contributed by atoms with van der Waals surface area (Å²) in [6, 6.07) is -0.712. The summed E-state index contributed by atoms with van der Waals surface area (Å²) in [4.78, 5) is 24.8. The molecule has 2 rings (SSSR count). The van der Waals surface area contributed by atoms with Gasteiger partial charge in [-0.15, -0.1) is 11.8 Å². The van der Waals surface area contributed by atoms with E-state index in [-0.39, 0.29) is 35.4 Å². The number of aliphatic hydroxyl groups is 3. The van der Waals surface area contributed by atoms with E-state index < -0.39 is 36.4 Å². The standard InChI is InChI=1S/C17H27NO6S/c1-8(12-9(20)5-17(2,3)6-10(12)21)18-13-15(23)14(22)11(7-19)24-16(13)25-4/h11,13-16,18-19,22-23H,5-7H2,1-4H3/t11-,13-,14-,15-,16+/m1/s1. The van der Waals surface area contributed by atoms with Gasteiger partial charge in [0.1, 0.15) is 23.7 Å². The third-order valence-electron chi connectivity index (χ3n) is 4.71. The lowest BCUT2D eigenvalue weighted by Gasteiger charge is -2.42. The van der Waals surface area contributed by atoms with Crippen LogP contribution in [0.25, 0.3) is 0 Å². The maximum Gasteiger partial charge on any atom is 0.168 e. The molecule has 0 radical (unpaired) electrons. The van der Waals surface area contributed by atoms with Crippen LogP contribution in [0, 0.1) is 5.41 Å². The molecule has 1 saturated carbocycles. The average Bonchev–Trinajstić information content (AvgIpc) is 2.50. The summed E-state index contributed by atoms with van der Waals surface area (Å²) in [5, 5.41) is 32.7. The molecule has 0 amide bonds. The molecule has 2 aliphatic rings. The zero-order valence-electron chi connectivity index (χ0n) is 15.0. The van der Waals surface area contributed by atoms with Gasteiger partial charge in [0.05, 0.1) is 18.2 Å². The van der Waals surface area contributed by atoms with Crippen LogP contribution in [-0.4, -0.2) is 69.5 Å². The molecule has 0 bridgehead atoms. The lowest BCUT2D eigenvalue weighted by molar-refractivity contribution is -0.170. The van der Waals surface area contributed by atoms with Gasteiger partial charge in [0.25, 0.3) is 0 Å². The van der Waals surface area contributed by atoms with Crippen molar-refractivity contribution in [3.05, 3.63) is 11.3 Å². The number of aliphatic hydroxyl groups excluding tert-OH is 3. The van der Waals surface area contributed by atoms with E-state index in [0.717, 1.165) is 0 Å². The molecule has 1 aliphatic heterocycles. The number of carbonyl (C=O) groups is 2. The number of ether oxygens (including phenoxy) is 1. The molecule has 0 spiro atoms. The normalized spacial score (nSPS) is 35.6. The second kappa shape index (κ2) is 7.75. The molecular weight excluding hydrogens is 346 g/mol. The molecule has 0 aromatic heterocycles. The van der Waals surface area contributed by atoms with Crippen LogP contribution in [0.4, 0.5) is 0 Å². The summed E-state index contributed by atoms with van der Waals surface area (Å²) in [7, 11) is 0. The van der Waals surface area contributed by atoms with Gasteiger partial charge in [0.15, 0.2) is 11.6 Å². The van der Waals surface area contributed by atoms with Crippen LogP contribution in [-0.2, 0) is 14.3 Å². The Morgan fingerprint density at radius 1 is 1.24 bits per heavy atom. The average molecular weight is 373 g/mol. The van der Waals surface area contributed by atoms with Crippen LogP contribution < -0.4 is 5.32 Å². The largest absolute Gasteiger partial charge is 0.394 e. The van der Waals surface area contributed by atoms with Crippen molar-refractivity contribution in [1.29, 1.82) is 0 Å². The molecule has 0 unspecified atom stereocenters. The van der Waals surface area contributed by atoms with Crippen molar-refractivity contribution in [2.45, 2.75) is 63.4 Å². The fourth-order valence-corrected chi connectivity index (χ4v) is 4.22. The lowest BCUT2D eigenvalue weighted by Crippen LogP contribution is -2.62. The highest BCUT2D eigenvalue weighted by atomic mass is 32.2. The van der Waals surface area contributed by atoms with Crippen LogP contribution in [0.2, 0.25) is 0 Å². The Labute approximate surface area is 151 Å². The smallest absolute Gasteiger partial charge is 0.168 e. The van der Waals surface area contributed by atoms with Crippen LogP contribution in [0.3, 0.4) is 0 Å². The maximum absolute atomic E-state index is 12.4. The third kappa shape index (κ3) is 4.25. The monoisotopic (exact) mass is 373 g/mol. The molecular formula is C17H27NO6S. The molecule has 7 nitrogen and oxygen atoms in total. The molecule has 8 heteroatoms. The van der Waals surface area contributed by atoms with Gasteiger partial charge in [-0.25, -0.2) is 0 Å². The number of hydrogen-bond acceptors (Lipinski definition) is 8. The highest BCUT2D eigenvalue weighted by molar-refractivity contribution is 7.99. The van der Waals surface area contributed by atoms with Gasteiger partial charge in [-0.3, -0.25) is 9.59 Å². The maximum atomic E-state index is 12.4. The fourth-order valence-electron chi connectivity index (χ4n) is 3.44. The second-order valence-corrected chi connectivity index (χ2v) is 8.41. The predicted molar refractivity (Wildman–Crippen MR) is 93.9 cm³/mol. The lowest BCUT2D eigenvalue weighted by atomic mass is 9.73. The van der Waals surface area contributed by atoms with Crippen molar-refractivity contribution < 1.29 is 29.6 Å². The SMILES string of the molecule is CS[C@@H]1O[C@H](CO)[C@@H](O)[C@H](O)[C@H]1NC(C)=C1C(=O)CC(C)(C)CC1=O. The second-order valence-electron chi connectivity index (χ2n) is 7.48. The summed E-state index contributed by atoms with van der Waals surface area (Å²) < 4.78 is 5.60. The Balaban J connectivity index is 2.24. The first-order chi connectivity index (χ1) is 11.6. The van der Waals surface area contributed by atoms with E-state index in [9.17, 15) is 24.9 Å². The summed E-state index contributed by atoms with van der Waals surface area (Å²) >= 11 is 1.31. The van der Waals surface area contributed by atoms with Gasteiger partial charge < -0.3 is 25.4 Å². The first-order valence-electron chi connectivity index (χ1n) is 8.30. The minimum absolute atomic E-state index is 0.130. The van der Waals surface area contributed by atoms with Crippen molar-refractivity contribution in [1.82, 2.24) is 5.32 Å². The Morgan fingerprint density at radius 3 is 2.28 bits per heavy atom. The van der Waals surface area contributed by atoms with E-state index in [0.29, 0.717) is 5.70 Å². The Kier molecular flexibility index (Phi) is 6.32. The van der Waals surface area contributed by atoms with Crippen molar-refractivity contribution in [2.75, 3.05) is 12.9 Å². The summed E-state index contributed by atoms with van der Waals surface area (Å²) in [6.07, 6.45) is -0.988. The third-order valence-corrected chi connectivity index (χ3v) is 5.58. The van der Waals surface area contributed by atoms with Crippen LogP contribution in [0.15, 0.2) is 11.3 Å². The summed E-state index contributed by atoms with van der Waals surface area (Å²) in [5.41, 5.74) is -0.383. The molecule has 0 aromatic carbocycles. The zero-order valence-corrected chi connectivity index (χ0v) is 15.8. The summed E-state index contributed by atoms with van der Waals surface area (Å²) in [5.74, 6) is -0.432. The van der Waals surface area contributed by atoms with Crippen LogP contribution in [0.1, 0.15) is 33.6 Å². The molecule has 1 heterocycles. The number of carbonyl (C=O) groups excluding carboxylic acids is 2. The van der Waals surface area contributed by atoms with E-state index >= 15 is 0 Å². The zero-order chi connectivity index (χ0) is 18.9. The minimum atomic E-state index is -1.26. The van der Waals surface area contributed by atoms with Gasteiger partial charge in [-0.2, -0.15) is 0 Å². The number of ketones is 2. The highest BCUT2D eigenvalue weighted by Gasteiger charge is 2.45. The minimum Gasteiger partial charge on any atom is -0.394 e. The van der Waals surface area contributed by atoms with E-state index in [1.807, 2.05) is 13.8 Å². The van der Waals surface area contributed by atoms with E-state index in [2.05, 4.69) is 5.32 Å². The van der Waals surface area contributed by atoms with E-state index in [1.165, 1.54) is 11.8 Å². The van der Waals surface area contributed by atoms with Gasteiger partial charge in [-0.05, 0) is 18.6 Å². The Morgan fingerprint density at radius 2 is 1.80 bits per heavy atom. The number of Topliss-reactive ketones (excluding diaryl/α,β-unsaturated/α-hetero) is 2. The van der Waals surface area contributed by atoms with E-state index in [4.69, 9.17) is 4.74 Å². The van der Waals surface area contributed by atoms with Crippen LogP contribution in [0.5, 0.6) is 0 Å². The predicted octanol–water partition coefficient (Wildman–Crippen LogP) is -0.0212. The highest BCUT2D eigenvalue weighted by Crippen LogP contribution is 2.35. The van der Waals surface area contributed by atoms with Crippen molar-refractivity contribution in [3.8, 4) is 0 Å². The first kappa shape index (κ1) is 20.4. The molecule has 25 heavy (non-hydrogen) atoms. The summed E-state index contributed by atoms with van der Waals surface area (Å²) in [6.45, 7) is 4.98. The number of hydrogen-bond donors (Lipinski definition) is 4. The van der Waals surface area contributed by atoms with Crippen LogP contribution >= 0.6 is 11.8 Å². The van der Waals surface area contributed by atoms with Gasteiger partial charge in [-0.1, -0.05) is 13.8 Å². The first-order valence-corrected chi connectivity index (χ1v) is 9.59. The Hall–Kier alpha value is -0.930. The fraction of sp³-hybridized carbons (Fsp3) is 0.765. The van der Waals surface area contributed by atoms with Gasteiger partial charge >= 0.3 is 0 Å². The van der Waals surface area contributed by atoms with E-state index in [1.54, 1.807) is 13.2 Å². The molecule has 142 valence electrons. The number of rotatable bonds is 4. The quantitative estimate of drug-likeness (QED) is 0.401.